The maximum Gasteiger partial charge on any atom is 0.256 e. The molecule has 19 heavy (non-hydrogen) atoms. The van der Waals surface area contributed by atoms with Gasteiger partial charge in [-0.05, 0) is 87.8 Å². The molecule has 0 unspecified atom stereocenters. The van der Waals surface area contributed by atoms with Gasteiger partial charge in [-0.2, -0.15) is 0 Å². The Morgan fingerprint density at radius 1 is 1.21 bits per heavy atom. The summed E-state index contributed by atoms with van der Waals surface area (Å²) in [4.78, 5) is 12.3. The molecule has 1 N–H and O–H groups in total. The highest BCUT2D eigenvalue weighted by atomic mass is 127. The van der Waals surface area contributed by atoms with E-state index in [4.69, 9.17) is 0 Å². The van der Waals surface area contributed by atoms with E-state index in [-0.39, 0.29) is 5.91 Å². The van der Waals surface area contributed by atoms with Crippen LogP contribution in [0.1, 0.15) is 21.5 Å². The summed E-state index contributed by atoms with van der Waals surface area (Å²) in [5.74, 6) is -0.100. The summed E-state index contributed by atoms with van der Waals surface area (Å²) in [6.45, 7) is 4.00. The monoisotopic (exact) mass is 429 g/mol. The Kier molecular flexibility index (Phi) is 4.62. The van der Waals surface area contributed by atoms with Crippen molar-refractivity contribution in [2.45, 2.75) is 13.8 Å². The second-order valence-electron chi connectivity index (χ2n) is 4.35. The Balaban J connectivity index is 2.28. The van der Waals surface area contributed by atoms with E-state index >= 15 is 0 Å². The van der Waals surface area contributed by atoms with Crippen LogP contribution in [0.15, 0.2) is 40.9 Å². The summed E-state index contributed by atoms with van der Waals surface area (Å²) in [6.07, 6.45) is 0. The third-order valence-electron chi connectivity index (χ3n) is 2.89. The number of amides is 1. The van der Waals surface area contributed by atoms with Crippen LogP contribution in [0.3, 0.4) is 0 Å². The molecule has 2 rings (SSSR count). The molecule has 0 atom stereocenters. The van der Waals surface area contributed by atoms with Crippen LogP contribution < -0.4 is 5.32 Å². The molecule has 0 saturated heterocycles. The molecule has 0 aliphatic carbocycles. The molecule has 1 amide bonds. The molecule has 0 spiro atoms. The molecule has 0 aromatic heterocycles. The van der Waals surface area contributed by atoms with E-state index in [9.17, 15) is 4.79 Å². The van der Waals surface area contributed by atoms with Gasteiger partial charge in [0.1, 0.15) is 0 Å². The van der Waals surface area contributed by atoms with Crippen LogP contribution in [0.5, 0.6) is 0 Å². The van der Waals surface area contributed by atoms with Gasteiger partial charge >= 0.3 is 0 Å². The van der Waals surface area contributed by atoms with Gasteiger partial charge in [0, 0.05) is 13.7 Å². The molecule has 0 aliphatic heterocycles. The fraction of sp³-hybridized carbons (Fsp3) is 0.133. The number of aryl methyl sites for hydroxylation is 1. The van der Waals surface area contributed by atoms with Crippen molar-refractivity contribution < 1.29 is 4.79 Å². The van der Waals surface area contributed by atoms with Gasteiger partial charge in [0.25, 0.3) is 5.91 Å². The Morgan fingerprint density at radius 3 is 2.63 bits per heavy atom. The fourth-order valence-corrected chi connectivity index (χ4v) is 2.91. The number of carbonyl (C=O) groups excluding carboxylic acids is 1. The van der Waals surface area contributed by atoms with Gasteiger partial charge in [-0.3, -0.25) is 4.79 Å². The first kappa shape index (κ1) is 14.5. The Bertz CT molecular complexity index is 640. The predicted molar refractivity (Wildman–Crippen MR) is 90.7 cm³/mol. The van der Waals surface area contributed by atoms with Crippen molar-refractivity contribution >= 4 is 50.1 Å². The molecule has 2 aromatic rings. The van der Waals surface area contributed by atoms with Crippen molar-refractivity contribution in [1.82, 2.24) is 0 Å². The zero-order valence-electron chi connectivity index (χ0n) is 10.6. The smallest absolute Gasteiger partial charge is 0.256 e. The van der Waals surface area contributed by atoms with E-state index in [2.05, 4.69) is 43.8 Å². The zero-order valence-corrected chi connectivity index (χ0v) is 14.4. The van der Waals surface area contributed by atoms with Gasteiger partial charge in [0.15, 0.2) is 0 Å². The Hall–Kier alpha value is -0.880. The van der Waals surface area contributed by atoms with E-state index in [0.717, 1.165) is 24.9 Å². The number of carbonyl (C=O) groups is 1. The highest BCUT2D eigenvalue weighted by molar-refractivity contribution is 14.1. The van der Waals surface area contributed by atoms with E-state index < -0.39 is 0 Å². The first-order valence-corrected chi connectivity index (χ1v) is 7.69. The summed E-state index contributed by atoms with van der Waals surface area (Å²) in [6, 6.07) is 11.6. The van der Waals surface area contributed by atoms with Crippen molar-refractivity contribution in [2.75, 3.05) is 5.32 Å². The van der Waals surface area contributed by atoms with E-state index in [0.29, 0.717) is 5.56 Å². The average Bonchev–Trinajstić information content (AvgIpc) is 2.34. The highest BCUT2D eigenvalue weighted by Gasteiger charge is 2.11. The van der Waals surface area contributed by atoms with Gasteiger partial charge < -0.3 is 5.32 Å². The molecule has 98 valence electrons. The fourth-order valence-electron chi connectivity index (χ4n) is 1.74. The molecule has 0 heterocycles. The van der Waals surface area contributed by atoms with Crippen molar-refractivity contribution in [3.8, 4) is 0 Å². The number of benzene rings is 2. The van der Waals surface area contributed by atoms with Crippen LogP contribution in [-0.2, 0) is 0 Å². The lowest BCUT2D eigenvalue weighted by atomic mass is 10.1. The molecule has 0 bridgehead atoms. The molecule has 0 radical (unpaired) electrons. The minimum Gasteiger partial charge on any atom is -0.322 e. The average molecular weight is 430 g/mol. The highest BCUT2D eigenvalue weighted by Crippen LogP contribution is 2.23. The topological polar surface area (TPSA) is 29.1 Å². The maximum absolute atomic E-state index is 12.3. The van der Waals surface area contributed by atoms with Gasteiger partial charge in [0.05, 0.1) is 5.56 Å². The van der Waals surface area contributed by atoms with E-state index in [1.807, 2.05) is 50.2 Å². The van der Waals surface area contributed by atoms with E-state index in [1.165, 1.54) is 0 Å². The number of hydrogen-bond donors (Lipinski definition) is 1. The van der Waals surface area contributed by atoms with Crippen LogP contribution in [0, 0.1) is 17.4 Å². The van der Waals surface area contributed by atoms with Gasteiger partial charge in [-0.15, -0.1) is 0 Å². The normalized spacial score (nSPS) is 10.3. The predicted octanol–water partition coefficient (Wildman–Crippen LogP) is 4.92. The summed E-state index contributed by atoms with van der Waals surface area (Å²) in [5, 5.41) is 2.95. The summed E-state index contributed by atoms with van der Waals surface area (Å²) < 4.78 is 1.95. The third kappa shape index (κ3) is 3.36. The first-order valence-electron chi connectivity index (χ1n) is 5.81. The standard InChI is InChI=1S/C15H13BrINO/c1-9-6-7-11(12(16)8-9)15(19)18-14-5-3-4-13(17)10(14)2/h3-8H,1-2H3,(H,18,19). The van der Waals surface area contributed by atoms with Crippen LogP contribution in [0.4, 0.5) is 5.69 Å². The van der Waals surface area contributed by atoms with Crippen molar-refractivity contribution in [3.05, 3.63) is 61.1 Å². The van der Waals surface area contributed by atoms with Crippen LogP contribution in [0.2, 0.25) is 0 Å². The molecule has 2 aromatic carbocycles. The van der Waals surface area contributed by atoms with Gasteiger partial charge in [0.2, 0.25) is 0 Å². The minimum atomic E-state index is -0.100. The van der Waals surface area contributed by atoms with Crippen LogP contribution in [0.25, 0.3) is 0 Å². The molecule has 2 nitrogen and oxygen atoms in total. The van der Waals surface area contributed by atoms with Crippen LogP contribution in [-0.4, -0.2) is 5.91 Å². The minimum absolute atomic E-state index is 0.100. The lowest BCUT2D eigenvalue weighted by Crippen LogP contribution is -2.13. The number of anilines is 1. The molecular weight excluding hydrogens is 417 g/mol. The van der Waals surface area contributed by atoms with E-state index in [1.54, 1.807) is 0 Å². The molecular formula is C15H13BrINO. The summed E-state index contributed by atoms with van der Waals surface area (Å²) in [7, 11) is 0. The van der Waals surface area contributed by atoms with Crippen molar-refractivity contribution in [2.24, 2.45) is 0 Å². The lowest BCUT2D eigenvalue weighted by Gasteiger charge is -2.11. The quantitative estimate of drug-likeness (QED) is 0.674. The van der Waals surface area contributed by atoms with Crippen molar-refractivity contribution in [1.29, 1.82) is 0 Å². The molecule has 0 fully saturated rings. The molecule has 0 saturated carbocycles. The Morgan fingerprint density at radius 2 is 1.95 bits per heavy atom. The number of nitrogens with one attached hydrogen (secondary N) is 1. The molecule has 0 aliphatic rings. The second-order valence-corrected chi connectivity index (χ2v) is 6.37. The Labute approximate surface area is 134 Å². The summed E-state index contributed by atoms with van der Waals surface area (Å²) in [5.41, 5.74) is 3.70. The summed E-state index contributed by atoms with van der Waals surface area (Å²) >= 11 is 5.69. The molecule has 4 heteroatoms. The first-order chi connectivity index (χ1) is 8.99. The largest absolute Gasteiger partial charge is 0.322 e. The lowest BCUT2D eigenvalue weighted by molar-refractivity contribution is 0.102. The van der Waals surface area contributed by atoms with Crippen LogP contribution >= 0.6 is 38.5 Å². The third-order valence-corrected chi connectivity index (χ3v) is 4.71. The maximum atomic E-state index is 12.3. The number of hydrogen-bond acceptors (Lipinski definition) is 1. The van der Waals surface area contributed by atoms with Gasteiger partial charge in [-0.25, -0.2) is 0 Å². The van der Waals surface area contributed by atoms with Crippen molar-refractivity contribution in [3.63, 3.8) is 0 Å². The number of rotatable bonds is 2. The second kappa shape index (κ2) is 6.05. The zero-order chi connectivity index (χ0) is 14.0. The van der Waals surface area contributed by atoms with Gasteiger partial charge in [-0.1, -0.05) is 12.1 Å². The number of halogens is 2. The SMILES string of the molecule is Cc1ccc(C(=O)Nc2cccc(I)c2C)c(Br)c1.